The quantitative estimate of drug-likeness (QED) is 0.717. The number of nitrogens with one attached hydrogen (secondary N) is 1. The van der Waals surface area contributed by atoms with Crippen LogP contribution < -0.4 is 11.1 Å². The summed E-state index contributed by atoms with van der Waals surface area (Å²) in [7, 11) is 0. The molecular weight excluding hydrogens is 216 g/mol. The molecule has 17 heavy (non-hydrogen) atoms. The number of hydrogen-bond donors (Lipinski definition) is 3. The number of nitrogens with two attached hydrogens (primary N) is 1. The summed E-state index contributed by atoms with van der Waals surface area (Å²) in [4.78, 5) is 11.8. The molecule has 0 bridgehead atoms. The second kappa shape index (κ2) is 5.80. The van der Waals surface area contributed by atoms with E-state index in [-0.39, 0.29) is 12.5 Å². The number of carbonyl (C=O) groups excluding carboxylic acids is 1. The molecule has 0 fully saturated rings. The first kappa shape index (κ1) is 13.7. The minimum absolute atomic E-state index is 0.176. The van der Waals surface area contributed by atoms with E-state index in [0.29, 0.717) is 6.54 Å². The van der Waals surface area contributed by atoms with Gasteiger partial charge < -0.3 is 16.2 Å². The number of benzene rings is 1. The second-order valence-electron chi connectivity index (χ2n) is 4.73. The van der Waals surface area contributed by atoms with Crippen LogP contribution in [0, 0.1) is 5.41 Å². The molecular formula is C13H20N2O2. The molecule has 0 aliphatic carbocycles. The Morgan fingerprint density at radius 2 is 1.94 bits per heavy atom. The Labute approximate surface area is 102 Å². The van der Waals surface area contributed by atoms with Crippen molar-refractivity contribution in [3.05, 3.63) is 29.8 Å². The zero-order valence-electron chi connectivity index (χ0n) is 10.4. The third kappa shape index (κ3) is 3.84. The summed E-state index contributed by atoms with van der Waals surface area (Å²) >= 11 is 0. The second-order valence-corrected chi connectivity index (χ2v) is 4.73. The molecule has 1 amide bonds. The Bertz CT molecular complexity index is 372. The van der Waals surface area contributed by atoms with Crippen LogP contribution in [0.25, 0.3) is 0 Å². The zero-order valence-corrected chi connectivity index (χ0v) is 10.4. The highest BCUT2D eigenvalue weighted by molar-refractivity contribution is 5.94. The first-order chi connectivity index (χ1) is 7.99. The molecule has 4 nitrogen and oxygen atoms in total. The molecule has 1 aromatic rings. The van der Waals surface area contributed by atoms with E-state index in [0.717, 1.165) is 17.7 Å². The van der Waals surface area contributed by atoms with Gasteiger partial charge in [0.2, 0.25) is 5.91 Å². The van der Waals surface area contributed by atoms with Gasteiger partial charge >= 0.3 is 0 Å². The number of anilines is 1. The smallest absolute Gasteiger partial charge is 0.232 e. The van der Waals surface area contributed by atoms with Gasteiger partial charge in [-0.2, -0.15) is 0 Å². The number of aliphatic hydroxyl groups excluding tert-OH is 1. The highest BCUT2D eigenvalue weighted by atomic mass is 16.3. The molecule has 0 saturated carbocycles. The summed E-state index contributed by atoms with van der Waals surface area (Å²) in [6.45, 7) is 3.84. The monoisotopic (exact) mass is 236 g/mol. The third-order valence-corrected chi connectivity index (χ3v) is 2.65. The molecule has 0 aliphatic heterocycles. The standard InChI is InChI=1S/C13H20N2O2/c1-13(2,9-16)12(17)15-11-5-3-10(4-6-11)7-8-14/h3-6,16H,7-9,14H2,1-2H3,(H,15,17). The maximum absolute atomic E-state index is 11.8. The maximum atomic E-state index is 11.8. The van der Waals surface area contributed by atoms with Crippen molar-refractivity contribution in [2.75, 3.05) is 18.5 Å². The first-order valence-electron chi connectivity index (χ1n) is 5.71. The SMILES string of the molecule is CC(C)(CO)C(=O)Nc1ccc(CCN)cc1. The average molecular weight is 236 g/mol. The van der Waals surface area contributed by atoms with Gasteiger partial charge in [0, 0.05) is 5.69 Å². The van der Waals surface area contributed by atoms with Crippen LogP contribution in [0.5, 0.6) is 0 Å². The number of amides is 1. The molecule has 0 heterocycles. The van der Waals surface area contributed by atoms with Crippen molar-refractivity contribution in [1.29, 1.82) is 0 Å². The molecule has 94 valence electrons. The Balaban J connectivity index is 2.66. The molecule has 1 aromatic carbocycles. The molecule has 0 saturated heterocycles. The van der Waals surface area contributed by atoms with Gasteiger partial charge in [-0.25, -0.2) is 0 Å². The van der Waals surface area contributed by atoms with Crippen LogP contribution in [-0.4, -0.2) is 24.2 Å². The minimum Gasteiger partial charge on any atom is -0.395 e. The molecule has 1 rings (SSSR count). The van der Waals surface area contributed by atoms with Crippen molar-refractivity contribution in [1.82, 2.24) is 0 Å². The summed E-state index contributed by atoms with van der Waals surface area (Å²) in [5.41, 5.74) is 6.57. The van der Waals surface area contributed by atoms with E-state index in [1.54, 1.807) is 13.8 Å². The van der Waals surface area contributed by atoms with Crippen LogP contribution in [0.1, 0.15) is 19.4 Å². The Kier molecular flexibility index (Phi) is 4.66. The summed E-state index contributed by atoms with van der Waals surface area (Å²) < 4.78 is 0. The molecule has 0 spiro atoms. The van der Waals surface area contributed by atoms with E-state index in [9.17, 15) is 4.79 Å². The summed E-state index contributed by atoms with van der Waals surface area (Å²) in [5, 5.41) is 11.9. The number of hydrogen-bond acceptors (Lipinski definition) is 3. The molecule has 4 heteroatoms. The molecule has 4 N–H and O–H groups in total. The topological polar surface area (TPSA) is 75.3 Å². The van der Waals surface area contributed by atoms with E-state index < -0.39 is 5.41 Å². The highest BCUT2D eigenvalue weighted by Crippen LogP contribution is 2.18. The molecule has 0 radical (unpaired) electrons. The lowest BCUT2D eigenvalue weighted by Crippen LogP contribution is -2.33. The van der Waals surface area contributed by atoms with Crippen molar-refractivity contribution in [3.8, 4) is 0 Å². The lowest BCUT2D eigenvalue weighted by Gasteiger charge is -2.20. The Hall–Kier alpha value is -1.39. The lowest BCUT2D eigenvalue weighted by molar-refractivity contribution is -0.125. The van der Waals surface area contributed by atoms with Gasteiger partial charge in [-0.3, -0.25) is 4.79 Å². The van der Waals surface area contributed by atoms with Gasteiger partial charge in [0.25, 0.3) is 0 Å². The van der Waals surface area contributed by atoms with E-state index >= 15 is 0 Å². The van der Waals surface area contributed by atoms with Gasteiger partial charge in [0.05, 0.1) is 12.0 Å². The van der Waals surface area contributed by atoms with Crippen molar-refractivity contribution in [3.63, 3.8) is 0 Å². The lowest BCUT2D eigenvalue weighted by atomic mass is 9.93. The predicted octanol–water partition coefficient (Wildman–Crippen LogP) is 1.14. The molecule has 0 unspecified atom stereocenters. The van der Waals surface area contributed by atoms with Crippen LogP contribution in [-0.2, 0) is 11.2 Å². The van der Waals surface area contributed by atoms with Gasteiger partial charge in [-0.1, -0.05) is 12.1 Å². The van der Waals surface area contributed by atoms with Crippen molar-refractivity contribution in [2.24, 2.45) is 11.1 Å². The van der Waals surface area contributed by atoms with Crippen LogP contribution in [0.3, 0.4) is 0 Å². The third-order valence-electron chi connectivity index (χ3n) is 2.65. The molecule has 0 aromatic heterocycles. The normalized spacial score (nSPS) is 11.3. The van der Waals surface area contributed by atoms with Crippen LogP contribution in [0.2, 0.25) is 0 Å². The van der Waals surface area contributed by atoms with Gasteiger partial charge in [0.1, 0.15) is 0 Å². The minimum atomic E-state index is -0.768. The number of rotatable bonds is 5. The van der Waals surface area contributed by atoms with Gasteiger partial charge in [-0.05, 0) is 44.5 Å². The summed E-state index contributed by atoms with van der Waals surface area (Å²) in [6, 6.07) is 7.57. The molecule has 0 aliphatic rings. The number of carbonyl (C=O) groups is 1. The van der Waals surface area contributed by atoms with E-state index in [1.807, 2.05) is 24.3 Å². The largest absolute Gasteiger partial charge is 0.395 e. The summed E-state index contributed by atoms with van der Waals surface area (Å²) in [6.07, 6.45) is 0.830. The van der Waals surface area contributed by atoms with Crippen molar-refractivity contribution < 1.29 is 9.90 Å². The van der Waals surface area contributed by atoms with Crippen LogP contribution >= 0.6 is 0 Å². The maximum Gasteiger partial charge on any atom is 0.232 e. The first-order valence-corrected chi connectivity index (χ1v) is 5.71. The fourth-order valence-corrected chi connectivity index (χ4v) is 1.29. The highest BCUT2D eigenvalue weighted by Gasteiger charge is 2.26. The predicted molar refractivity (Wildman–Crippen MR) is 68.7 cm³/mol. The van der Waals surface area contributed by atoms with Gasteiger partial charge in [-0.15, -0.1) is 0 Å². The fourth-order valence-electron chi connectivity index (χ4n) is 1.29. The van der Waals surface area contributed by atoms with E-state index in [1.165, 1.54) is 0 Å². The van der Waals surface area contributed by atoms with E-state index in [2.05, 4.69) is 5.32 Å². The number of aliphatic hydroxyl groups is 1. The Morgan fingerprint density at radius 1 is 1.35 bits per heavy atom. The van der Waals surface area contributed by atoms with Gasteiger partial charge in [0.15, 0.2) is 0 Å². The van der Waals surface area contributed by atoms with Crippen LogP contribution in [0.15, 0.2) is 24.3 Å². The van der Waals surface area contributed by atoms with Crippen LogP contribution in [0.4, 0.5) is 5.69 Å². The van der Waals surface area contributed by atoms with Crippen molar-refractivity contribution >= 4 is 11.6 Å². The summed E-state index contributed by atoms with van der Waals surface area (Å²) in [5.74, 6) is -0.188. The zero-order chi connectivity index (χ0) is 12.9. The van der Waals surface area contributed by atoms with E-state index in [4.69, 9.17) is 10.8 Å². The fraction of sp³-hybridized carbons (Fsp3) is 0.462. The molecule has 0 atom stereocenters. The van der Waals surface area contributed by atoms with Crippen molar-refractivity contribution in [2.45, 2.75) is 20.3 Å². The Morgan fingerprint density at radius 3 is 2.41 bits per heavy atom. The average Bonchev–Trinajstić information content (AvgIpc) is 2.32.